The van der Waals surface area contributed by atoms with E-state index in [-0.39, 0.29) is 23.6 Å². The van der Waals surface area contributed by atoms with E-state index in [9.17, 15) is 26.3 Å². The molecule has 9 heteroatoms. The zero-order valence-electron chi connectivity index (χ0n) is 19.9. The third-order valence-corrected chi connectivity index (χ3v) is 7.20. The molecule has 1 fully saturated rings. The summed E-state index contributed by atoms with van der Waals surface area (Å²) in [5, 5.41) is 1.82. The van der Waals surface area contributed by atoms with E-state index < -0.39 is 23.5 Å². The number of piperidine rings is 1. The highest BCUT2D eigenvalue weighted by Gasteiger charge is 2.37. The van der Waals surface area contributed by atoms with Crippen molar-refractivity contribution in [3.63, 3.8) is 0 Å². The number of rotatable bonds is 4. The second kappa shape index (κ2) is 9.68. The minimum absolute atomic E-state index is 0.0685. The highest BCUT2D eigenvalue weighted by atomic mass is 19.4. The molecule has 0 amide bonds. The number of hydrazine groups is 1. The largest absolute Gasteiger partial charge is 0.493 e. The SMILES string of the molecule is NN1CCC[C@@H](Cc2cc(-c3cc(C(F)(F)F)cc(C(F)(F)F)c3)cc3c2OCC3)[C@H]1c1ccccc1. The molecule has 2 aliphatic rings. The van der Waals surface area contributed by atoms with Crippen molar-refractivity contribution in [1.29, 1.82) is 0 Å². The van der Waals surface area contributed by atoms with Gasteiger partial charge in [-0.05, 0) is 83.3 Å². The van der Waals surface area contributed by atoms with Crippen LogP contribution in [0.25, 0.3) is 11.1 Å². The van der Waals surface area contributed by atoms with Gasteiger partial charge >= 0.3 is 12.4 Å². The Morgan fingerprint density at radius 3 is 2.16 bits per heavy atom. The fourth-order valence-electron chi connectivity index (χ4n) is 5.54. The van der Waals surface area contributed by atoms with Crippen LogP contribution in [-0.2, 0) is 25.2 Å². The smallest absolute Gasteiger partial charge is 0.416 e. The van der Waals surface area contributed by atoms with Gasteiger partial charge in [0.05, 0.1) is 23.8 Å². The number of benzene rings is 3. The highest BCUT2D eigenvalue weighted by molar-refractivity contribution is 5.70. The highest BCUT2D eigenvalue weighted by Crippen LogP contribution is 2.43. The zero-order chi connectivity index (χ0) is 26.4. The van der Waals surface area contributed by atoms with Gasteiger partial charge in [0.2, 0.25) is 0 Å². The lowest BCUT2D eigenvalue weighted by Crippen LogP contribution is -2.44. The molecule has 3 nitrogen and oxygen atoms in total. The van der Waals surface area contributed by atoms with Gasteiger partial charge in [-0.1, -0.05) is 30.3 Å². The lowest BCUT2D eigenvalue weighted by molar-refractivity contribution is -0.143. The van der Waals surface area contributed by atoms with Crippen molar-refractivity contribution < 1.29 is 31.1 Å². The molecule has 0 aliphatic carbocycles. The summed E-state index contributed by atoms with van der Waals surface area (Å²) >= 11 is 0. The van der Waals surface area contributed by atoms with Crippen molar-refractivity contribution in [1.82, 2.24) is 5.01 Å². The van der Waals surface area contributed by atoms with Crippen LogP contribution >= 0.6 is 0 Å². The van der Waals surface area contributed by atoms with Crippen molar-refractivity contribution in [3.8, 4) is 16.9 Å². The second-order valence-electron chi connectivity index (χ2n) is 9.72. The Balaban J connectivity index is 1.57. The van der Waals surface area contributed by atoms with Gasteiger partial charge in [-0.3, -0.25) is 5.84 Å². The van der Waals surface area contributed by atoms with Gasteiger partial charge in [0.1, 0.15) is 5.75 Å². The number of alkyl halides is 6. The Hall–Kier alpha value is -3.04. The topological polar surface area (TPSA) is 38.5 Å². The van der Waals surface area contributed by atoms with E-state index >= 15 is 0 Å². The maximum absolute atomic E-state index is 13.5. The maximum atomic E-state index is 13.5. The zero-order valence-corrected chi connectivity index (χ0v) is 19.9. The Labute approximate surface area is 210 Å². The van der Waals surface area contributed by atoms with Crippen molar-refractivity contribution in [2.45, 2.75) is 44.1 Å². The van der Waals surface area contributed by atoms with Crippen LogP contribution in [0.3, 0.4) is 0 Å². The summed E-state index contributed by atoms with van der Waals surface area (Å²) in [5.74, 6) is 7.16. The van der Waals surface area contributed by atoms with E-state index in [0.717, 1.165) is 48.2 Å². The monoisotopic (exact) mass is 520 g/mol. The summed E-state index contributed by atoms with van der Waals surface area (Å²) in [6, 6.07) is 14.8. The minimum Gasteiger partial charge on any atom is -0.493 e. The van der Waals surface area contributed by atoms with Gasteiger partial charge in [0.25, 0.3) is 0 Å². The molecule has 0 radical (unpaired) electrons. The summed E-state index contributed by atoms with van der Waals surface area (Å²) in [6.07, 6.45) is -6.97. The number of ether oxygens (including phenoxy) is 1. The van der Waals surface area contributed by atoms with Crippen LogP contribution in [0.5, 0.6) is 5.75 Å². The van der Waals surface area contributed by atoms with Gasteiger partial charge in [-0.25, -0.2) is 5.01 Å². The van der Waals surface area contributed by atoms with E-state index in [4.69, 9.17) is 10.6 Å². The summed E-state index contributed by atoms with van der Waals surface area (Å²) in [6.45, 7) is 1.15. The first-order chi connectivity index (χ1) is 17.5. The van der Waals surface area contributed by atoms with Crippen molar-refractivity contribution in [2.24, 2.45) is 11.8 Å². The molecule has 2 aliphatic heterocycles. The van der Waals surface area contributed by atoms with Gasteiger partial charge in [-0.2, -0.15) is 26.3 Å². The molecule has 0 spiro atoms. The molecule has 0 saturated carbocycles. The summed E-state index contributed by atoms with van der Waals surface area (Å²) in [4.78, 5) is 0. The van der Waals surface area contributed by atoms with Gasteiger partial charge in [0, 0.05) is 13.0 Å². The van der Waals surface area contributed by atoms with Gasteiger partial charge < -0.3 is 4.74 Å². The Morgan fingerprint density at radius 2 is 1.51 bits per heavy atom. The van der Waals surface area contributed by atoms with Crippen LogP contribution in [0.15, 0.2) is 60.7 Å². The first kappa shape index (κ1) is 25.6. The molecule has 0 aromatic heterocycles. The van der Waals surface area contributed by atoms with Crippen LogP contribution in [0.4, 0.5) is 26.3 Å². The van der Waals surface area contributed by atoms with E-state index in [1.165, 1.54) is 0 Å². The first-order valence-corrected chi connectivity index (χ1v) is 12.2. The predicted octanol–water partition coefficient (Wildman–Crippen LogP) is 7.20. The number of nitrogens with zero attached hydrogens (tertiary/aromatic N) is 1. The Morgan fingerprint density at radius 1 is 0.865 bits per heavy atom. The normalized spacial score (nSPS) is 20.5. The number of hydrogen-bond acceptors (Lipinski definition) is 3. The predicted molar refractivity (Wildman–Crippen MR) is 128 cm³/mol. The van der Waals surface area contributed by atoms with Crippen LogP contribution < -0.4 is 10.6 Å². The molecule has 196 valence electrons. The molecule has 3 aromatic carbocycles. The van der Waals surface area contributed by atoms with Gasteiger partial charge in [-0.15, -0.1) is 0 Å². The van der Waals surface area contributed by atoms with Crippen LogP contribution in [0.2, 0.25) is 0 Å². The molecule has 2 atom stereocenters. The second-order valence-corrected chi connectivity index (χ2v) is 9.72. The number of fused-ring (bicyclic) bond motifs is 1. The van der Waals surface area contributed by atoms with E-state index in [2.05, 4.69) is 0 Å². The Kier molecular flexibility index (Phi) is 6.70. The third kappa shape index (κ3) is 5.33. The third-order valence-electron chi connectivity index (χ3n) is 7.20. The molecule has 2 N–H and O–H groups in total. The lowest BCUT2D eigenvalue weighted by Gasteiger charge is -2.39. The first-order valence-electron chi connectivity index (χ1n) is 12.2. The lowest BCUT2D eigenvalue weighted by atomic mass is 9.80. The number of nitrogens with two attached hydrogens (primary N) is 1. The minimum atomic E-state index is -4.91. The standard InChI is InChI=1S/C28H26F6N2O/c29-27(30,31)23-14-21(15-24(16-23)28(32,33)34)20-12-19-8-10-37-26(19)22(13-20)11-18-7-4-9-36(35)25(18)17-5-2-1-3-6-17/h1-3,5-6,12-16,18,25H,4,7-11,35H2/t18-,25+/m0/s1. The molecule has 0 bridgehead atoms. The fourth-order valence-corrected chi connectivity index (χ4v) is 5.54. The number of halogens is 6. The molecule has 0 unspecified atom stereocenters. The molecule has 5 rings (SSSR count). The molecule has 2 heterocycles. The average molecular weight is 521 g/mol. The molecule has 1 saturated heterocycles. The average Bonchev–Trinajstić information content (AvgIpc) is 3.32. The Bertz CT molecular complexity index is 1240. The van der Waals surface area contributed by atoms with Crippen LogP contribution in [0.1, 0.15) is 46.7 Å². The molecule has 3 aromatic rings. The van der Waals surface area contributed by atoms with E-state index in [0.29, 0.717) is 30.8 Å². The van der Waals surface area contributed by atoms with Crippen molar-refractivity contribution >= 4 is 0 Å². The van der Waals surface area contributed by atoms with E-state index in [1.54, 1.807) is 12.1 Å². The van der Waals surface area contributed by atoms with Crippen molar-refractivity contribution in [2.75, 3.05) is 13.2 Å². The quantitative estimate of drug-likeness (QED) is 0.292. The van der Waals surface area contributed by atoms with Crippen LogP contribution in [0, 0.1) is 5.92 Å². The maximum Gasteiger partial charge on any atom is 0.416 e. The molecule has 37 heavy (non-hydrogen) atoms. The van der Waals surface area contributed by atoms with Crippen LogP contribution in [-0.4, -0.2) is 18.2 Å². The number of hydrogen-bond donors (Lipinski definition) is 1. The fraction of sp³-hybridized carbons (Fsp3) is 0.357. The summed E-state index contributed by atoms with van der Waals surface area (Å²) < 4.78 is 86.9. The van der Waals surface area contributed by atoms with E-state index in [1.807, 2.05) is 35.3 Å². The van der Waals surface area contributed by atoms with Gasteiger partial charge in [0.15, 0.2) is 0 Å². The molecular weight excluding hydrogens is 494 g/mol. The summed E-state index contributed by atoms with van der Waals surface area (Å²) in [7, 11) is 0. The summed E-state index contributed by atoms with van der Waals surface area (Å²) in [5.41, 5.74) is 0.162. The van der Waals surface area contributed by atoms with Crippen molar-refractivity contribution in [3.05, 3.63) is 88.5 Å². The molecular formula is C28H26F6N2O.